The van der Waals surface area contributed by atoms with Gasteiger partial charge in [-0.05, 0) is 113 Å². The Labute approximate surface area is 319 Å². The van der Waals surface area contributed by atoms with Crippen LogP contribution in [-0.2, 0) is 10.8 Å². The third-order valence-electron chi connectivity index (χ3n) is 14.6. The number of nitrogens with one attached hydrogen (secondary N) is 3. The van der Waals surface area contributed by atoms with Gasteiger partial charge in [0.25, 0.3) is 0 Å². The number of anilines is 1. The smallest absolute Gasteiger partial charge is 0.229 e. The topological polar surface area (TPSA) is 140 Å². The van der Waals surface area contributed by atoms with Crippen LogP contribution in [0.3, 0.4) is 0 Å². The number of hydrogen-bond donors (Lipinski definition) is 4. The van der Waals surface area contributed by atoms with E-state index in [1.807, 2.05) is 0 Å². The largest absolute Gasteiger partial charge is 0.382 e. The van der Waals surface area contributed by atoms with Gasteiger partial charge in [0.05, 0.1) is 0 Å². The standard InChI is InChI=1S/C44H58N8O2/c45-32-15-11-29(12-16-32)39-49-41(51-53-39)44(21-6-22-44)27-47-38-25-36(38)31-9-4-10-34(23-31)48-33-17-13-30(14-18-33)40-50-42(52-54-40)43(19-5-20-43)26-46-37-24-35(37)28-7-2-1-3-8-28/h1-4,7-10,23,29-30,32-33,35-38,46-48H,5-6,11-22,24-27,45H2/t29?,30?,32?,33?,35-,36-,37+,38+/m0/s1. The quantitative estimate of drug-likeness (QED) is 0.102. The minimum atomic E-state index is 0.0176. The monoisotopic (exact) mass is 730 g/mol. The van der Waals surface area contributed by atoms with E-state index in [0.29, 0.717) is 47.8 Å². The van der Waals surface area contributed by atoms with Crippen LogP contribution in [0.4, 0.5) is 5.69 Å². The summed E-state index contributed by atoms with van der Waals surface area (Å²) in [5, 5.41) is 20.8. The normalized spacial score (nSPS) is 32.3. The zero-order valence-corrected chi connectivity index (χ0v) is 31.7. The molecule has 10 nitrogen and oxygen atoms in total. The molecule has 0 spiro atoms. The molecule has 4 atom stereocenters. The first-order chi connectivity index (χ1) is 26.5. The third-order valence-corrected chi connectivity index (χ3v) is 14.6. The maximum atomic E-state index is 6.14. The van der Waals surface area contributed by atoms with Crippen LogP contribution >= 0.6 is 0 Å². The van der Waals surface area contributed by atoms with Crippen LogP contribution in [-0.4, -0.2) is 57.5 Å². The Kier molecular flexibility index (Phi) is 9.35. The second kappa shape index (κ2) is 14.5. The van der Waals surface area contributed by atoms with Crippen molar-refractivity contribution in [3.63, 3.8) is 0 Å². The molecular weight excluding hydrogens is 673 g/mol. The summed E-state index contributed by atoms with van der Waals surface area (Å²) in [5.74, 6) is 5.47. The molecule has 2 aromatic heterocycles. The Hall–Kier alpha value is -3.60. The van der Waals surface area contributed by atoms with Crippen molar-refractivity contribution in [1.82, 2.24) is 30.9 Å². The molecule has 0 saturated heterocycles. The second-order valence-electron chi connectivity index (χ2n) is 18.2. The summed E-state index contributed by atoms with van der Waals surface area (Å²) in [4.78, 5) is 10.1. The second-order valence-corrected chi connectivity index (χ2v) is 18.2. The maximum Gasteiger partial charge on any atom is 0.229 e. The number of rotatable bonds is 14. The van der Waals surface area contributed by atoms with E-state index >= 15 is 0 Å². The van der Waals surface area contributed by atoms with Crippen LogP contribution in [0, 0.1) is 0 Å². The van der Waals surface area contributed by atoms with Gasteiger partial charge in [0.15, 0.2) is 11.6 Å². The van der Waals surface area contributed by atoms with E-state index in [1.165, 1.54) is 42.5 Å². The Balaban J connectivity index is 0.689. The van der Waals surface area contributed by atoms with Gasteiger partial charge in [0.2, 0.25) is 11.8 Å². The minimum Gasteiger partial charge on any atom is -0.382 e. The maximum absolute atomic E-state index is 6.14. The first kappa shape index (κ1) is 34.9. The van der Waals surface area contributed by atoms with E-state index in [-0.39, 0.29) is 10.8 Å². The van der Waals surface area contributed by atoms with E-state index in [4.69, 9.17) is 24.7 Å². The lowest BCUT2D eigenvalue weighted by Crippen LogP contribution is -2.45. The van der Waals surface area contributed by atoms with E-state index in [1.54, 1.807) is 0 Å². The molecular formula is C44H58N8O2. The summed E-state index contributed by atoms with van der Waals surface area (Å²) in [7, 11) is 0. The van der Waals surface area contributed by atoms with Gasteiger partial charge in [-0.3, -0.25) is 0 Å². The molecule has 10 heteroatoms. The zero-order chi connectivity index (χ0) is 36.1. The molecule has 2 heterocycles. The fraction of sp³-hybridized carbons (Fsp3) is 0.636. The van der Waals surface area contributed by atoms with Gasteiger partial charge in [0.1, 0.15) is 0 Å². The van der Waals surface area contributed by atoms with E-state index in [9.17, 15) is 0 Å². The molecule has 6 saturated carbocycles. The first-order valence-electron chi connectivity index (χ1n) is 21.3. The minimum absolute atomic E-state index is 0.0176. The average molecular weight is 731 g/mol. The molecule has 10 rings (SSSR count). The van der Waals surface area contributed by atoms with Crippen LogP contribution in [0.15, 0.2) is 63.6 Å². The average Bonchev–Trinajstić information content (AvgIpc) is 4.01. The van der Waals surface area contributed by atoms with Crippen molar-refractivity contribution >= 4 is 5.69 Å². The molecule has 0 bridgehead atoms. The highest BCUT2D eigenvalue weighted by molar-refractivity contribution is 5.49. The molecule has 0 radical (unpaired) electrons. The van der Waals surface area contributed by atoms with E-state index < -0.39 is 0 Å². The van der Waals surface area contributed by atoms with E-state index in [2.05, 4.69) is 80.9 Å². The molecule has 6 aliphatic rings. The lowest BCUT2D eigenvalue weighted by molar-refractivity contribution is 0.210. The van der Waals surface area contributed by atoms with Crippen molar-refractivity contribution in [2.24, 2.45) is 5.73 Å². The van der Waals surface area contributed by atoms with Gasteiger partial charge in [0, 0.05) is 77.4 Å². The number of hydrogen-bond acceptors (Lipinski definition) is 10. The molecule has 286 valence electrons. The molecule has 0 amide bonds. The van der Waals surface area contributed by atoms with Crippen molar-refractivity contribution in [1.29, 1.82) is 0 Å². The van der Waals surface area contributed by atoms with Crippen LogP contribution in [0.1, 0.15) is 161 Å². The van der Waals surface area contributed by atoms with Crippen LogP contribution in [0.5, 0.6) is 0 Å². The molecule has 2 aromatic carbocycles. The number of nitrogens with two attached hydrogens (primary N) is 1. The first-order valence-corrected chi connectivity index (χ1v) is 21.3. The Morgan fingerprint density at radius 1 is 0.630 bits per heavy atom. The molecule has 54 heavy (non-hydrogen) atoms. The Morgan fingerprint density at radius 2 is 1.17 bits per heavy atom. The summed E-state index contributed by atoms with van der Waals surface area (Å²) in [6.45, 7) is 1.88. The van der Waals surface area contributed by atoms with Crippen molar-refractivity contribution in [3.8, 4) is 0 Å². The Morgan fingerprint density at radius 3 is 1.72 bits per heavy atom. The summed E-state index contributed by atoms with van der Waals surface area (Å²) in [6, 6.07) is 21.9. The number of nitrogens with zero attached hydrogens (tertiary/aromatic N) is 4. The van der Waals surface area contributed by atoms with Crippen molar-refractivity contribution in [2.75, 3.05) is 18.4 Å². The fourth-order valence-corrected chi connectivity index (χ4v) is 10.3. The highest BCUT2D eigenvalue weighted by Crippen LogP contribution is 2.48. The van der Waals surface area contributed by atoms with Gasteiger partial charge < -0.3 is 30.7 Å². The van der Waals surface area contributed by atoms with Crippen molar-refractivity contribution in [2.45, 2.75) is 161 Å². The molecule has 5 N–H and O–H groups in total. The molecule has 0 unspecified atom stereocenters. The molecule has 0 aliphatic heterocycles. The Bertz CT molecular complexity index is 1870. The van der Waals surface area contributed by atoms with Gasteiger partial charge in [-0.15, -0.1) is 0 Å². The summed E-state index contributed by atoms with van der Waals surface area (Å²) < 4.78 is 11.8. The lowest BCUT2D eigenvalue weighted by Gasteiger charge is -2.39. The van der Waals surface area contributed by atoms with Gasteiger partial charge in [-0.2, -0.15) is 9.97 Å². The highest BCUT2D eigenvalue weighted by atomic mass is 16.5. The highest BCUT2D eigenvalue weighted by Gasteiger charge is 2.48. The zero-order valence-electron chi connectivity index (χ0n) is 31.7. The van der Waals surface area contributed by atoms with Crippen LogP contribution in [0.25, 0.3) is 0 Å². The molecule has 6 aliphatic carbocycles. The van der Waals surface area contributed by atoms with E-state index in [0.717, 1.165) is 114 Å². The van der Waals surface area contributed by atoms with Crippen LogP contribution < -0.4 is 21.7 Å². The SMILES string of the molecule is NC1CCC(c2nc(C3(CN[C@@H]4C[C@H]4c4cccc(NC5CCC(c6nc(C7(CN[C@@H]8C[C@H]8c8ccccc8)CCC7)no6)CC5)c4)CCC3)no2)CC1. The molecule has 4 aromatic rings. The van der Waals surface area contributed by atoms with Crippen molar-refractivity contribution < 1.29 is 9.05 Å². The predicted octanol–water partition coefficient (Wildman–Crippen LogP) is 7.71. The van der Waals surface area contributed by atoms with Gasteiger partial charge in [-0.1, -0.05) is 65.6 Å². The summed E-state index contributed by atoms with van der Waals surface area (Å²) >= 11 is 0. The summed E-state index contributed by atoms with van der Waals surface area (Å²) in [6.07, 6.45) is 18.1. The number of benzene rings is 2. The predicted molar refractivity (Wildman–Crippen MR) is 209 cm³/mol. The van der Waals surface area contributed by atoms with Gasteiger partial charge >= 0.3 is 0 Å². The third kappa shape index (κ3) is 7.03. The summed E-state index contributed by atoms with van der Waals surface area (Å²) in [5.41, 5.74) is 10.3. The van der Waals surface area contributed by atoms with Crippen molar-refractivity contribution in [3.05, 3.63) is 89.2 Å². The van der Waals surface area contributed by atoms with Crippen LogP contribution in [0.2, 0.25) is 0 Å². The van der Waals surface area contributed by atoms with Gasteiger partial charge in [-0.25, -0.2) is 0 Å². The fourth-order valence-electron chi connectivity index (χ4n) is 10.3. The number of aromatic nitrogens is 4. The molecule has 6 fully saturated rings. The lowest BCUT2D eigenvalue weighted by atomic mass is 9.68.